The van der Waals surface area contributed by atoms with Gasteiger partial charge in [0.05, 0.1) is 22.7 Å². The first-order chi connectivity index (χ1) is 15.8. The van der Waals surface area contributed by atoms with Crippen LogP contribution in [0.4, 0.5) is 22.7 Å². The van der Waals surface area contributed by atoms with E-state index in [2.05, 4.69) is 141 Å². The summed E-state index contributed by atoms with van der Waals surface area (Å²) in [5, 5.41) is 0. The molecule has 3 nitrogen and oxygen atoms in total. The molecular weight excluding hydrogens is 414 g/mol. The third-order valence-corrected chi connectivity index (χ3v) is 6.84. The largest absolute Gasteiger partial charge is 0.365 e. The number of anilines is 4. The van der Waals surface area contributed by atoms with Crippen LogP contribution in [0.2, 0.25) is 0 Å². The zero-order chi connectivity index (χ0) is 25.9. The van der Waals surface area contributed by atoms with E-state index in [1.807, 2.05) is 0 Å². The van der Waals surface area contributed by atoms with E-state index in [0.717, 1.165) is 0 Å². The average molecular weight is 466 g/mol. The third-order valence-electron chi connectivity index (χ3n) is 6.84. The van der Waals surface area contributed by atoms with Crippen molar-refractivity contribution in [2.45, 2.75) is 119 Å². The summed E-state index contributed by atoms with van der Waals surface area (Å²) >= 11 is 0. The second-order valence-corrected chi connectivity index (χ2v) is 11.6. The van der Waals surface area contributed by atoms with Crippen LogP contribution in [0, 0.1) is 0 Å². The lowest BCUT2D eigenvalue weighted by Gasteiger charge is -2.40. The Balaban J connectivity index is 2.84. The number of rotatable bonds is 10. The molecule has 0 atom stereocenters. The molecule has 2 aromatic rings. The molecule has 0 aliphatic heterocycles. The molecule has 0 aliphatic rings. The minimum Gasteiger partial charge on any atom is -0.365 e. The van der Waals surface area contributed by atoms with Crippen molar-refractivity contribution in [2.75, 3.05) is 21.7 Å². The second kappa shape index (κ2) is 11.5. The lowest BCUT2D eigenvalue weighted by molar-refractivity contribution is 0.606. The highest BCUT2D eigenvalue weighted by Crippen LogP contribution is 2.42. The van der Waals surface area contributed by atoms with Crippen LogP contribution in [0.1, 0.15) is 106 Å². The highest BCUT2D eigenvalue weighted by molar-refractivity contribution is 5.84. The Morgan fingerprint density at radius 3 is 0.971 bits per heavy atom. The molecule has 0 aromatic heterocycles. The van der Waals surface area contributed by atoms with Crippen molar-refractivity contribution in [3.8, 4) is 0 Å². The van der Waals surface area contributed by atoms with Gasteiger partial charge < -0.3 is 14.7 Å². The fourth-order valence-electron chi connectivity index (χ4n) is 5.21. The second-order valence-electron chi connectivity index (χ2n) is 11.6. The molecule has 34 heavy (non-hydrogen) atoms. The molecule has 0 spiro atoms. The van der Waals surface area contributed by atoms with Gasteiger partial charge in [-0.05, 0) is 103 Å². The topological polar surface area (TPSA) is 9.72 Å². The Morgan fingerprint density at radius 1 is 0.441 bits per heavy atom. The van der Waals surface area contributed by atoms with E-state index < -0.39 is 0 Å². The van der Waals surface area contributed by atoms with Crippen LogP contribution in [0.5, 0.6) is 0 Å². The molecule has 0 bridgehead atoms. The van der Waals surface area contributed by atoms with Gasteiger partial charge in [-0.25, -0.2) is 0 Å². The van der Waals surface area contributed by atoms with E-state index in [1.54, 1.807) is 0 Å². The fraction of sp³-hybridized carbons (Fsp3) is 0.613. The van der Waals surface area contributed by atoms with Crippen molar-refractivity contribution >= 4 is 22.7 Å². The van der Waals surface area contributed by atoms with Crippen LogP contribution in [0.15, 0.2) is 36.4 Å². The number of hydrogen-bond acceptors (Lipinski definition) is 3. The van der Waals surface area contributed by atoms with Gasteiger partial charge in [0.15, 0.2) is 0 Å². The van der Waals surface area contributed by atoms with Crippen LogP contribution >= 0.6 is 0 Å². The van der Waals surface area contributed by atoms with Gasteiger partial charge in [-0.15, -0.1) is 0 Å². The van der Waals surface area contributed by atoms with Gasteiger partial charge in [0.2, 0.25) is 0 Å². The van der Waals surface area contributed by atoms with Gasteiger partial charge in [-0.1, -0.05) is 39.8 Å². The van der Waals surface area contributed by atoms with E-state index in [-0.39, 0.29) is 0 Å². The zero-order valence-corrected chi connectivity index (χ0v) is 24.3. The van der Waals surface area contributed by atoms with E-state index in [0.29, 0.717) is 36.0 Å². The van der Waals surface area contributed by atoms with Crippen LogP contribution in [-0.2, 0) is 0 Å². The fourth-order valence-corrected chi connectivity index (χ4v) is 5.21. The van der Waals surface area contributed by atoms with Gasteiger partial charge in [0.25, 0.3) is 0 Å². The normalized spacial score (nSPS) is 12.1. The van der Waals surface area contributed by atoms with Crippen LogP contribution in [-0.4, -0.2) is 31.2 Å². The Hall–Kier alpha value is -2.16. The number of nitrogens with zero attached hydrogens (tertiary/aromatic N) is 3. The Morgan fingerprint density at radius 2 is 0.735 bits per heavy atom. The summed E-state index contributed by atoms with van der Waals surface area (Å²) in [6.45, 7) is 27.5. The maximum Gasteiger partial charge on any atom is 0.0649 e. The van der Waals surface area contributed by atoms with Crippen molar-refractivity contribution in [2.24, 2.45) is 0 Å². The van der Waals surface area contributed by atoms with Crippen molar-refractivity contribution in [1.29, 1.82) is 0 Å². The SMILES string of the molecule is CC(C)c1ccc(N(C(C)C)C(C)C)c(N(C)c2cc(C(C)C)ccc2N(C(C)C)C(C)C)c1. The van der Waals surface area contributed by atoms with Crippen LogP contribution in [0.3, 0.4) is 0 Å². The molecule has 0 aliphatic carbocycles. The molecule has 2 aromatic carbocycles. The maximum absolute atomic E-state index is 2.55. The minimum absolute atomic E-state index is 0.418. The summed E-state index contributed by atoms with van der Waals surface area (Å²) in [5.41, 5.74) is 7.93. The molecule has 190 valence electrons. The first-order valence-electron chi connectivity index (χ1n) is 13.4. The monoisotopic (exact) mass is 465 g/mol. The molecule has 0 fully saturated rings. The summed E-state index contributed by atoms with van der Waals surface area (Å²) in [4.78, 5) is 7.53. The Labute approximate surface area is 211 Å². The molecule has 0 amide bonds. The lowest BCUT2D eigenvalue weighted by Crippen LogP contribution is -2.39. The third kappa shape index (κ3) is 6.09. The molecule has 0 N–H and O–H groups in total. The predicted molar refractivity (Wildman–Crippen MR) is 155 cm³/mol. The van der Waals surface area contributed by atoms with E-state index in [1.165, 1.54) is 33.9 Å². The van der Waals surface area contributed by atoms with Crippen LogP contribution < -0.4 is 14.7 Å². The first-order valence-corrected chi connectivity index (χ1v) is 13.4. The Kier molecular flexibility index (Phi) is 9.51. The smallest absolute Gasteiger partial charge is 0.0649 e. The van der Waals surface area contributed by atoms with E-state index in [4.69, 9.17) is 0 Å². The Bertz CT molecular complexity index is 833. The molecule has 2 rings (SSSR count). The summed E-state index contributed by atoms with van der Waals surface area (Å²) in [6.07, 6.45) is 0. The summed E-state index contributed by atoms with van der Waals surface area (Å²) < 4.78 is 0. The van der Waals surface area contributed by atoms with E-state index >= 15 is 0 Å². The van der Waals surface area contributed by atoms with Crippen LogP contribution in [0.25, 0.3) is 0 Å². The lowest BCUT2D eigenvalue weighted by atomic mass is 9.98. The molecule has 3 heteroatoms. The average Bonchev–Trinajstić information content (AvgIpc) is 2.72. The summed E-state index contributed by atoms with van der Waals surface area (Å²) in [7, 11) is 2.25. The van der Waals surface area contributed by atoms with Crippen molar-refractivity contribution < 1.29 is 0 Å². The molecule has 0 saturated heterocycles. The highest BCUT2D eigenvalue weighted by Gasteiger charge is 2.25. The molecule has 0 radical (unpaired) electrons. The first kappa shape index (κ1) is 28.1. The van der Waals surface area contributed by atoms with Crippen molar-refractivity contribution in [3.63, 3.8) is 0 Å². The summed E-state index contributed by atoms with van der Waals surface area (Å²) in [6, 6.07) is 15.8. The number of hydrogen-bond donors (Lipinski definition) is 0. The molecular formula is C31H51N3. The van der Waals surface area contributed by atoms with Gasteiger partial charge in [0.1, 0.15) is 0 Å². The molecule has 0 saturated carbocycles. The predicted octanol–water partition coefficient (Wildman–Crippen LogP) is 8.95. The quantitative estimate of drug-likeness (QED) is 0.347. The maximum atomic E-state index is 2.55. The van der Waals surface area contributed by atoms with Crippen molar-refractivity contribution in [3.05, 3.63) is 47.5 Å². The molecule has 0 heterocycles. The van der Waals surface area contributed by atoms with E-state index in [9.17, 15) is 0 Å². The van der Waals surface area contributed by atoms with Gasteiger partial charge in [-0.2, -0.15) is 0 Å². The highest BCUT2D eigenvalue weighted by atomic mass is 15.2. The van der Waals surface area contributed by atoms with Crippen molar-refractivity contribution in [1.82, 2.24) is 0 Å². The zero-order valence-electron chi connectivity index (χ0n) is 24.3. The summed E-state index contributed by atoms with van der Waals surface area (Å²) in [5.74, 6) is 0.967. The standard InChI is InChI=1S/C31H51N3/c1-20(2)26-14-16-28(33(22(5)6)23(7)8)30(18-26)32(13)31-19-27(21(3)4)15-17-29(31)34(24(9)10)25(11)12/h14-25H,1-13H3. The minimum atomic E-state index is 0.418. The van der Waals surface area contributed by atoms with Gasteiger partial charge in [-0.3, -0.25) is 0 Å². The van der Waals surface area contributed by atoms with Gasteiger partial charge >= 0.3 is 0 Å². The van der Waals surface area contributed by atoms with Gasteiger partial charge in [0, 0.05) is 31.2 Å². The molecule has 0 unspecified atom stereocenters. The number of benzene rings is 2.